The number of hydrogen-bond donors (Lipinski definition) is 1. The highest BCUT2D eigenvalue weighted by Crippen LogP contribution is 2.27. The lowest BCUT2D eigenvalue weighted by molar-refractivity contribution is -0.154. The zero-order valence-corrected chi connectivity index (χ0v) is 17.1. The Hall–Kier alpha value is -3.10. The molecule has 0 aliphatic carbocycles. The van der Waals surface area contributed by atoms with Crippen LogP contribution in [0.15, 0.2) is 35.1 Å². The van der Waals surface area contributed by atoms with Gasteiger partial charge in [0.15, 0.2) is 0 Å². The van der Waals surface area contributed by atoms with Crippen molar-refractivity contribution in [2.24, 2.45) is 5.41 Å². The summed E-state index contributed by atoms with van der Waals surface area (Å²) in [5.74, 6) is -1.60. The first-order valence-corrected chi connectivity index (χ1v) is 9.29. The van der Waals surface area contributed by atoms with Gasteiger partial charge < -0.3 is 4.74 Å². The van der Waals surface area contributed by atoms with E-state index in [0.717, 1.165) is 22.8 Å². The lowest BCUT2D eigenvalue weighted by Crippen LogP contribution is -2.22. The van der Waals surface area contributed by atoms with Crippen LogP contribution in [-0.2, 0) is 28.7 Å². The number of nitrogens with one attached hydrogen (secondary N) is 1. The second kappa shape index (κ2) is 7.62. The van der Waals surface area contributed by atoms with Gasteiger partial charge in [0.1, 0.15) is 12.3 Å². The standard InChI is InChI=1S/C21H22F3N3O3/c1-12-5-6-13(8-15(12)11-30-19(29)20(2,3)4)7-14-9-16-25-26-18(21(22,23)24)27(16)17(28)10-14/h5-6,8-10,25H,7,11H2,1-4H3. The van der Waals surface area contributed by atoms with Crippen molar-refractivity contribution in [1.29, 1.82) is 0 Å². The number of carbonyl (C=O) groups is 1. The number of ether oxygens (including phenoxy) is 1. The number of carbonyl (C=O) groups excluding carboxylic acids is 1. The summed E-state index contributed by atoms with van der Waals surface area (Å²) in [7, 11) is 0. The van der Waals surface area contributed by atoms with Crippen LogP contribution in [0, 0.1) is 12.3 Å². The van der Waals surface area contributed by atoms with Gasteiger partial charge in [-0.3, -0.25) is 14.7 Å². The Kier molecular flexibility index (Phi) is 5.49. The molecule has 0 radical (unpaired) electrons. The van der Waals surface area contributed by atoms with Crippen molar-refractivity contribution in [3.8, 4) is 0 Å². The van der Waals surface area contributed by atoms with E-state index in [4.69, 9.17) is 4.74 Å². The van der Waals surface area contributed by atoms with Crippen LogP contribution < -0.4 is 5.56 Å². The van der Waals surface area contributed by atoms with Crippen molar-refractivity contribution in [3.05, 3.63) is 68.8 Å². The summed E-state index contributed by atoms with van der Waals surface area (Å²) in [6.07, 6.45) is -4.41. The second-order valence-electron chi connectivity index (χ2n) is 8.23. The van der Waals surface area contributed by atoms with E-state index < -0.39 is 23.0 Å². The molecule has 3 rings (SSSR count). The van der Waals surface area contributed by atoms with Gasteiger partial charge in [0, 0.05) is 6.07 Å². The van der Waals surface area contributed by atoms with Crippen molar-refractivity contribution < 1.29 is 22.7 Å². The number of rotatable bonds is 4. The molecule has 2 aromatic heterocycles. The van der Waals surface area contributed by atoms with E-state index in [1.165, 1.54) is 6.07 Å². The van der Waals surface area contributed by atoms with Crippen molar-refractivity contribution in [3.63, 3.8) is 0 Å². The van der Waals surface area contributed by atoms with Gasteiger partial charge in [-0.05, 0) is 62.4 Å². The molecular weight excluding hydrogens is 399 g/mol. The highest BCUT2D eigenvalue weighted by Gasteiger charge is 2.37. The van der Waals surface area contributed by atoms with Gasteiger partial charge in [-0.25, -0.2) is 4.40 Å². The van der Waals surface area contributed by atoms with Crippen molar-refractivity contribution in [2.45, 2.75) is 46.9 Å². The summed E-state index contributed by atoms with van der Waals surface area (Å²) in [5.41, 5.74) is 1.69. The van der Waals surface area contributed by atoms with Gasteiger partial charge in [-0.1, -0.05) is 18.2 Å². The van der Waals surface area contributed by atoms with E-state index in [1.54, 1.807) is 20.8 Å². The zero-order chi connectivity index (χ0) is 22.3. The second-order valence-corrected chi connectivity index (χ2v) is 8.23. The fraction of sp³-hybridized carbons (Fsp3) is 0.381. The zero-order valence-electron chi connectivity index (χ0n) is 17.1. The van der Waals surface area contributed by atoms with E-state index in [2.05, 4.69) is 10.2 Å². The van der Waals surface area contributed by atoms with Gasteiger partial charge in [-0.15, -0.1) is 0 Å². The molecule has 2 heterocycles. The number of pyridine rings is 1. The largest absolute Gasteiger partial charge is 0.460 e. The van der Waals surface area contributed by atoms with Crippen molar-refractivity contribution in [2.75, 3.05) is 0 Å². The molecule has 30 heavy (non-hydrogen) atoms. The summed E-state index contributed by atoms with van der Waals surface area (Å²) >= 11 is 0. The van der Waals surface area contributed by atoms with Crippen LogP contribution in [-0.4, -0.2) is 20.6 Å². The molecule has 0 aliphatic heterocycles. The van der Waals surface area contributed by atoms with Gasteiger partial charge in [-0.2, -0.15) is 18.3 Å². The first kappa shape index (κ1) is 21.6. The minimum atomic E-state index is -4.74. The Morgan fingerprint density at radius 1 is 1.13 bits per heavy atom. The molecule has 0 aliphatic rings. The average molecular weight is 421 g/mol. The molecular formula is C21H22F3N3O3. The highest BCUT2D eigenvalue weighted by atomic mass is 19.4. The molecule has 1 N–H and O–H groups in total. The minimum absolute atomic E-state index is 0.0312. The Morgan fingerprint density at radius 2 is 1.83 bits per heavy atom. The Bertz CT molecular complexity index is 1150. The van der Waals surface area contributed by atoms with Gasteiger partial charge in [0.2, 0.25) is 5.82 Å². The molecule has 160 valence electrons. The molecule has 3 aromatic rings. The first-order valence-electron chi connectivity index (χ1n) is 9.29. The number of esters is 1. The van der Waals surface area contributed by atoms with Crippen LogP contribution in [0.3, 0.4) is 0 Å². The maximum Gasteiger partial charge on any atom is 0.452 e. The predicted molar refractivity (Wildman–Crippen MR) is 104 cm³/mol. The number of fused-ring (bicyclic) bond motifs is 1. The van der Waals surface area contributed by atoms with Crippen LogP contribution >= 0.6 is 0 Å². The van der Waals surface area contributed by atoms with Crippen molar-refractivity contribution in [1.82, 2.24) is 14.6 Å². The molecule has 0 saturated carbocycles. The number of aromatic amines is 1. The Morgan fingerprint density at radius 3 is 2.47 bits per heavy atom. The van der Waals surface area contributed by atoms with Gasteiger partial charge in [0.25, 0.3) is 5.56 Å². The van der Waals surface area contributed by atoms with Crippen LogP contribution in [0.25, 0.3) is 5.65 Å². The number of benzene rings is 1. The lowest BCUT2D eigenvalue weighted by Gasteiger charge is -2.17. The quantitative estimate of drug-likeness (QED) is 0.646. The molecule has 0 amide bonds. The molecule has 0 saturated heterocycles. The number of aryl methyl sites for hydroxylation is 1. The molecule has 0 fully saturated rings. The fourth-order valence-electron chi connectivity index (χ4n) is 2.96. The number of alkyl halides is 3. The van der Waals surface area contributed by atoms with Crippen molar-refractivity contribution >= 4 is 11.6 Å². The summed E-state index contributed by atoms with van der Waals surface area (Å²) in [4.78, 5) is 24.3. The van der Waals surface area contributed by atoms with Crippen LogP contribution in [0.1, 0.15) is 48.8 Å². The fourth-order valence-corrected chi connectivity index (χ4v) is 2.96. The maximum absolute atomic E-state index is 13.0. The van der Waals surface area contributed by atoms with E-state index in [9.17, 15) is 22.8 Å². The third-order valence-electron chi connectivity index (χ3n) is 4.63. The van der Waals surface area contributed by atoms with Crippen LogP contribution in [0.4, 0.5) is 13.2 Å². The molecule has 1 aromatic carbocycles. The lowest BCUT2D eigenvalue weighted by atomic mass is 9.97. The Labute approximate surface area is 170 Å². The van der Waals surface area contributed by atoms with Gasteiger partial charge >= 0.3 is 12.1 Å². The topological polar surface area (TPSA) is 76.5 Å². The molecule has 0 atom stereocenters. The third kappa shape index (κ3) is 4.55. The number of H-pyrrole nitrogens is 1. The number of aromatic nitrogens is 3. The smallest absolute Gasteiger partial charge is 0.452 e. The number of hydrogen-bond acceptors (Lipinski definition) is 4. The van der Waals surface area contributed by atoms with E-state index in [-0.39, 0.29) is 18.2 Å². The summed E-state index contributed by atoms with van der Waals surface area (Å²) in [5, 5.41) is 5.49. The molecule has 0 unspecified atom stereocenters. The number of halogens is 3. The molecule has 0 bridgehead atoms. The minimum Gasteiger partial charge on any atom is -0.460 e. The SMILES string of the molecule is Cc1ccc(Cc2cc(=O)n3c(C(F)(F)F)n[nH]c3c2)cc1COC(=O)C(C)(C)C. The average Bonchev–Trinajstić information content (AvgIpc) is 3.06. The molecule has 6 nitrogen and oxygen atoms in total. The maximum atomic E-state index is 13.0. The molecule has 9 heteroatoms. The summed E-state index contributed by atoms with van der Waals surface area (Å²) in [6.45, 7) is 7.32. The van der Waals surface area contributed by atoms with Crippen LogP contribution in [0.2, 0.25) is 0 Å². The van der Waals surface area contributed by atoms with Gasteiger partial charge in [0.05, 0.1) is 5.41 Å². The normalized spacial score (nSPS) is 12.4. The van der Waals surface area contributed by atoms with E-state index >= 15 is 0 Å². The molecule has 0 spiro atoms. The van der Waals surface area contributed by atoms with Crippen LogP contribution in [0.5, 0.6) is 0 Å². The summed E-state index contributed by atoms with van der Waals surface area (Å²) < 4.78 is 44.8. The Balaban J connectivity index is 1.85. The number of nitrogens with zero attached hydrogens (tertiary/aromatic N) is 2. The monoisotopic (exact) mass is 421 g/mol. The predicted octanol–water partition coefficient (Wildman–Crippen LogP) is 4.03. The first-order chi connectivity index (χ1) is 13.9. The highest BCUT2D eigenvalue weighted by molar-refractivity contribution is 5.75. The van der Waals surface area contributed by atoms with E-state index in [0.29, 0.717) is 16.4 Å². The summed E-state index contributed by atoms with van der Waals surface area (Å²) in [6, 6.07) is 8.22. The third-order valence-corrected chi connectivity index (χ3v) is 4.63. The van der Waals surface area contributed by atoms with E-state index in [1.807, 2.05) is 25.1 Å².